The third-order valence-electron chi connectivity index (χ3n) is 3.96. The van der Waals surface area contributed by atoms with E-state index < -0.39 is 26.5 Å². The molecule has 1 aliphatic heterocycles. The molecule has 2 heteroatoms. The topological polar surface area (TPSA) is 0 Å². The number of allylic oxidation sites excluding steroid dienone is 3. The van der Waals surface area contributed by atoms with Crippen LogP contribution in [0.2, 0.25) is 29.5 Å². The van der Waals surface area contributed by atoms with Crippen LogP contribution in [0, 0.1) is 0 Å². The number of hydrogen-bond acceptors (Lipinski definition) is 0. The first-order valence-corrected chi connectivity index (χ1v) is 19.3. The van der Waals surface area contributed by atoms with Gasteiger partial charge in [0, 0.05) is 0 Å². The Morgan fingerprint density at radius 2 is 1.53 bits per heavy atom. The number of hydrogen-bond donors (Lipinski definition) is 0. The zero-order chi connectivity index (χ0) is 13.3. The molecule has 0 amide bonds. The molecular weight excluding hydrogens is 327 g/mol. The van der Waals surface area contributed by atoms with Crippen LogP contribution in [0.1, 0.15) is 39.5 Å². The molecule has 0 aromatic rings. The van der Waals surface area contributed by atoms with Crippen molar-refractivity contribution in [1.82, 2.24) is 0 Å². The van der Waals surface area contributed by atoms with E-state index in [0.717, 1.165) is 0 Å². The average Bonchev–Trinajstić information content (AvgIpc) is 2.41. The van der Waals surface area contributed by atoms with E-state index in [0.29, 0.717) is 0 Å². The normalized spacial score (nSPS) is 19.8. The molecule has 0 unspecified atom stereocenters. The second-order valence-electron chi connectivity index (χ2n) is 6.94. The van der Waals surface area contributed by atoms with Crippen molar-refractivity contribution in [3.8, 4) is 0 Å². The van der Waals surface area contributed by atoms with E-state index in [4.69, 9.17) is 0 Å². The molecule has 98 valence electrons. The summed E-state index contributed by atoms with van der Waals surface area (Å²) < 4.78 is 3.92. The Hall–Kier alpha value is 0.496. The molecule has 0 bridgehead atoms. The first-order valence-electron chi connectivity index (χ1n) is 7.20. The Kier molecular flexibility index (Phi) is 5.16. The molecule has 0 fully saturated rings. The molecule has 17 heavy (non-hydrogen) atoms. The van der Waals surface area contributed by atoms with Crippen molar-refractivity contribution in [2.45, 2.75) is 69.1 Å². The molecule has 0 spiro atoms. The van der Waals surface area contributed by atoms with Gasteiger partial charge in [0.25, 0.3) is 0 Å². The van der Waals surface area contributed by atoms with Crippen LogP contribution < -0.4 is 0 Å². The zero-order valence-corrected chi connectivity index (χ0v) is 16.8. The van der Waals surface area contributed by atoms with E-state index in [9.17, 15) is 0 Å². The van der Waals surface area contributed by atoms with Gasteiger partial charge in [-0.05, 0) is 0 Å². The van der Waals surface area contributed by atoms with E-state index in [1.54, 1.807) is 5.57 Å². The summed E-state index contributed by atoms with van der Waals surface area (Å²) in [7, 11) is -1.09. The van der Waals surface area contributed by atoms with E-state index in [2.05, 4.69) is 49.4 Å². The first kappa shape index (κ1) is 15.6. The molecule has 1 heterocycles. The molecule has 0 saturated heterocycles. The van der Waals surface area contributed by atoms with Crippen LogP contribution >= 0.6 is 0 Å². The Balaban J connectivity index is 3.16. The zero-order valence-electron chi connectivity index (χ0n) is 12.9. The van der Waals surface area contributed by atoms with Gasteiger partial charge in [-0.2, -0.15) is 0 Å². The predicted octanol–water partition coefficient (Wildman–Crippen LogP) is 5.49. The van der Waals surface area contributed by atoms with Gasteiger partial charge >= 0.3 is 114 Å². The Morgan fingerprint density at radius 1 is 1.00 bits per heavy atom. The Bertz CT molecular complexity index is 342. The van der Waals surface area contributed by atoms with Gasteiger partial charge in [0.15, 0.2) is 0 Å². The molecule has 0 nitrogen and oxygen atoms in total. The maximum atomic E-state index is 2.66. The molecule has 0 aromatic heterocycles. The summed E-state index contributed by atoms with van der Waals surface area (Å²) in [6.07, 6.45) is 8.00. The predicted molar refractivity (Wildman–Crippen MR) is 85.8 cm³/mol. The Morgan fingerprint density at radius 3 is 1.94 bits per heavy atom. The monoisotopic (exact) mass is 358 g/mol. The third-order valence-corrected chi connectivity index (χ3v) is 26.5. The standard InChI is InChI=1S/C13H24Si.2CH3.Sn/c1-6-8-10-13(9-7-2)11-12-14(3,4)5;;;/h11H,6-9H2,1-5H3;2*1H3;. The average molecular weight is 357 g/mol. The summed E-state index contributed by atoms with van der Waals surface area (Å²) in [6, 6.07) is 0. The fourth-order valence-electron chi connectivity index (χ4n) is 3.38. The van der Waals surface area contributed by atoms with Gasteiger partial charge in [-0.3, -0.25) is 0 Å². The molecule has 0 radical (unpaired) electrons. The van der Waals surface area contributed by atoms with E-state index in [1.807, 2.05) is 6.80 Å². The van der Waals surface area contributed by atoms with Gasteiger partial charge in [-0.15, -0.1) is 0 Å². The van der Waals surface area contributed by atoms with Crippen molar-refractivity contribution in [1.29, 1.82) is 0 Å². The van der Waals surface area contributed by atoms with Gasteiger partial charge in [-0.1, -0.05) is 0 Å². The molecule has 0 aliphatic carbocycles. The molecule has 0 saturated carbocycles. The van der Waals surface area contributed by atoms with Gasteiger partial charge in [0.05, 0.1) is 0 Å². The van der Waals surface area contributed by atoms with Crippen molar-refractivity contribution in [2.24, 2.45) is 0 Å². The third kappa shape index (κ3) is 3.28. The van der Waals surface area contributed by atoms with Crippen LogP contribution in [0.4, 0.5) is 0 Å². The molecule has 1 rings (SSSR count). The van der Waals surface area contributed by atoms with Crippen LogP contribution in [0.25, 0.3) is 0 Å². The van der Waals surface area contributed by atoms with E-state index in [1.165, 1.54) is 25.7 Å². The van der Waals surface area contributed by atoms with Crippen LogP contribution in [0.5, 0.6) is 0 Å². The molecular formula is C15H30SiSn. The second-order valence-corrected chi connectivity index (χ2v) is 25.9. The maximum absolute atomic E-state index is 2.66. The SMILES string of the molecule is CCCC1=[C](CCC)[Sn]([CH3])([CH3])[C]([Si](C)(C)C)=C1. The minimum absolute atomic E-state index is 1.09. The van der Waals surface area contributed by atoms with Crippen LogP contribution in [-0.4, -0.2) is 26.5 Å². The summed E-state index contributed by atoms with van der Waals surface area (Å²) in [6.45, 7) is 12.3. The summed E-state index contributed by atoms with van der Waals surface area (Å²) in [5.41, 5.74) is 1.76. The molecule has 1 aliphatic rings. The summed E-state index contributed by atoms with van der Waals surface area (Å²) in [4.78, 5) is 5.32. The summed E-state index contributed by atoms with van der Waals surface area (Å²) in [5.74, 6) is 0. The van der Waals surface area contributed by atoms with E-state index in [-0.39, 0.29) is 0 Å². The molecule has 0 atom stereocenters. The van der Waals surface area contributed by atoms with E-state index >= 15 is 0 Å². The Labute approximate surface area is 113 Å². The first-order chi connectivity index (χ1) is 7.75. The van der Waals surface area contributed by atoms with Crippen molar-refractivity contribution in [2.75, 3.05) is 0 Å². The summed E-state index contributed by atoms with van der Waals surface area (Å²) >= 11 is -2.07. The van der Waals surface area contributed by atoms with Gasteiger partial charge in [0.1, 0.15) is 0 Å². The van der Waals surface area contributed by atoms with Crippen molar-refractivity contribution in [3.63, 3.8) is 0 Å². The minimum atomic E-state index is -2.07. The van der Waals surface area contributed by atoms with Crippen molar-refractivity contribution >= 4 is 26.5 Å². The quantitative estimate of drug-likeness (QED) is 0.571. The van der Waals surface area contributed by atoms with Gasteiger partial charge in [0.2, 0.25) is 0 Å². The van der Waals surface area contributed by atoms with Gasteiger partial charge in [-0.25, -0.2) is 0 Å². The number of rotatable bonds is 5. The fourth-order valence-corrected chi connectivity index (χ4v) is 30.7. The summed E-state index contributed by atoms with van der Waals surface area (Å²) in [5, 5.41) is 0. The fraction of sp³-hybridized carbons (Fsp3) is 0.733. The van der Waals surface area contributed by atoms with Crippen LogP contribution in [0.3, 0.4) is 0 Å². The second kappa shape index (κ2) is 5.64. The molecule has 0 N–H and O–H groups in total. The van der Waals surface area contributed by atoms with Crippen molar-refractivity contribution in [3.05, 3.63) is 18.5 Å². The molecule has 0 aromatic carbocycles. The van der Waals surface area contributed by atoms with Crippen molar-refractivity contribution < 1.29 is 0 Å². The van der Waals surface area contributed by atoms with Crippen LogP contribution in [-0.2, 0) is 0 Å². The van der Waals surface area contributed by atoms with Gasteiger partial charge < -0.3 is 0 Å². The van der Waals surface area contributed by atoms with Crippen LogP contribution in [0.15, 0.2) is 18.5 Å².